The maximum absolute atomic E-state index is 11.3. The van der Waals surface area contributed by atoms with Crippen molar-refractivity contribution >= 4 is 21.4 Å². The molecule has 0 saturated heterocycles. The molecule has 0 saturated carbocycles. The predicted molar refractivity (Wildman–Crippen MR) is 64.7 cm³/mol. The normalized spacial score (nSPS) is 11.2. The molecule has 100 valence electrons. The van der Waals surface area contributed by atoms with E-state index in [4.69, 9.17) is 10.2 Å². The molecule has 0 aliphatic heterocycles. The van der Waals surface area contributed by atoms with E-state index in [1.807, 2.05) is 0 Å². The Bertz CT molecular complexity index is 543. The smallest absolute Gasteiger partial charge is 0.271 e. The number of aliphatic hydroxyl groups is 1. The van der Waals surface area contributed by atoms with Crippen LogP contribution in [0.25, 0.3) is 0 Å². The van der Waals surface area contributed by atoms with Crippen molar-refractivity contribution in [2.45, 2.75) is 11.3 Å². The van der Waals surface area contributed by atoms with Gasteiger partial charge in [-0.15, -0.1) is 0 Å². The highest BCUT2D eigenvalue weighted by atomic mass is 32.2. The highest BCUT2D eigenvalue weighted by molar-refractivity contribution is 7.89. The van der Waals surface area contributed by atoms with E-state index < -0.39 is 14.9 Å². The van der Waals surface area contributed by atoms with Crippen molar-refractivity contribution in [2.75, 3.05) is 18.5 Å². The van der Waals surface area contributed by atoms with Gasteiger partial charge in [0.1, 0.15) is 4.90 Å². The Morgan fingerprint density at radius 3 is 2.61 bits per heavy atom. The van der Waals surface area contributed by atoms with Gasteiger partial charge in [0.05, 0.1) is 10.6 Å². The zero-order valence-electron chi connectivity index (χ0n) is 9.37. The number of nitro groups is 1. The predicted octanol–water partition coefficient (Wildman–Crippen LogP) is 0.0365. The Labute approximate surface area is 104 Å². The van der Waals surface area contributed by atoms with E-state index in [0.29, 0.717) is 6.42 Å². The third-order valence-electron chi connectivity index (χ3n) is 2.13. The number of hydrogen-bond donors (Lipinski definition) is 3. The molecule has 0 radical (unpaired) electrons. The van der Waals surface area contributed by atoms with Crippen molar-refractivity contribution in [3.63, 3.8) is 0 Å². The first-order valence-corrected chi connectivity index (χ1v) is 6.57. The van der Waals surface area contributed by atoms with Crippen molar-refractivity contribution < 1.29 is 18.4 Å². The minimum absolute atomic E-state index is 0.0557. The molecule has 0 unspecified atom stereocenters. The van der Waals surface area contributed by atoms with E-state index in [9.17, 15) is 18.5 Å². The van der Waals surface area contributed by atoms with Gasteiger partial charge in [0.25, 0.3) is 5.69 Å². The number of benzene rings is 1. The number of rotatable bonds is 6. The third kappa shape index (κ3) is 3.65. The van der Waals surface area contributed by atoms with Gasteiger partial charge in [0.2, 0.25) is 10.0 Å². The number of nitrogens with zero attached hydrogens (tertiary/aromatic N) is 1. The molecule has 1 aromatic rings. The van der Waals surface area contributed by atoms with Gasteiger partial charge in [-0.1, -0.05) is 0 Å². The summed E-state index contributed by atoms with van der Waals surface area (Å²) >= 11 is 0. The topological polar surface area (TPSA) is 136 Å². The van der Waals surface area contributed by atoms with Crippen molar-refractivity contribution in [2.24, 2.45) is 5.14 Å². The van der Waals surface area contributed by atoms with Gasteiger partial charge in [-0.25, -0.2) is 13.6 Å². The van der Waals surface area contributed by atoms with Crippen molar-refractivity contribution in [1.82, 2.24) is 0 Å². The molecule has 1 rings (SSSR count). The maximum atomic E-state index is 11.3. The van der Waals surface area contributed by atoms with E-state index in [2.05, 4.69) is 5.32 Å². The molecular weight excluding hydrogens is 262 g/mol. The number of anilines is 1. The van der Waals surface area contributed by atoms with E-state index in [-0.39, 0.29) is 29.4 Å². The second-order valence-corrected chi connectivity index (χ2v) is 5.02. The Hall–Kier alpha value is -1.71. The lowest BCUT2D eigenvalue weighted by molar-refractivity contribution is -0.384. The number of aliphatic hydroxyl groups excluding tert-OH is 1. The summed E-state index contributed by atoms with van der Waals surface area (Å²) in [5.41, 5.74) is -0.186. The first-order chi connectivity index (χ1) is 8.36. The molecular formula is C9H13N3O5S. The first-order valence-electron chi connectivity index (χ1n) is 5.02. The molecule has 0 spiro atoms. The fourth-order valence-corrected chi connectivity index (χ4v) is 2.02. The number of nitro benzene ring substituents is 1. The van der Waals surface area contributed by atoms with E-state index in [1.54, 1.807) is 0 Å². The van der Waals surface area contributed by atoms with Gasteiger partial charge in [0.15, 0.2) is 0 Å². The van der Waals surface area contributed by atoms with Crippen LogP contribution in [0.2, 0.25) is 0 Å². The summed E-state index contributed by atoms with van der Waals surface area (Å²) in [6.45, 7) is 0.201. The van der Waals surface area contributed by atoms with Crippen LogP contribution in [0.15, 0.2) is 23.1 Å². The quantitative estimate of drug-likeness (QED) is 0.381. The Morgan fingerprint density at radius 2 is 2.11 bits per heavy atom. The molecule has 0 aromatic heterocycles. The standard InChI is InChI=1S/C9H13N3O5S/c10-18(16,17)9-3-2-7(12(14)15)6-8(9)11-4-1-5-13/h2-3,6,11,13H,1,4-5H2,(H2,10,16,17). The molecule has 4 N–H and O–H groups in total. The Balaban J connectivity index is 3.14. The number of sulfonamides is 1. The molecule has 0 fully saturated rings. The summed E-state index contributed by atoms with van der Waals surface area (Å²) in [5.74, 6) is 0. The number of non-ortho nitro benzene ring substituents is 1. The molecule has 9 heteroatoms. The van der Waals surface area contributed by atoms with E-state index >= 15 is 0 Å². The van der Waals surface area contributed by atoms with Crippen LogP contribution in [-0.2, 0) is 10.0 Å². The number of nitrogens with two attached hydrogens (primary N) is 1. The highest BCUT2D eigenvalue weighted by Crippen LogP contribution is 2.25. The van der Waals surface area contributed by atoms with Gasteiger partial charge < -0.3 is 10.4 Å². The fourth-order valence-electron chi connectivity index (χ4n) is 1.32. The maximum Gasteiger partial charge on any atom is 0.271 e. The van der Waals surface area contributed by atoms with Gasteiger partial charge in [0, 0.05) is 25.3 Å². The van der Waals surface area contributed by atoms with Crippen LogP contribution in [-0.4, -0.2) is 31.6 Å². The van der Waals surface area contributed by atoms with Gasteiger partial charge in [-0.2, -0.15) is 0 Å². The van der Waals surface area contributed by atoms with Crippen LogP contribution in [0, 0.1) is 10.1 Å². The molecule has 18 heavy (non-hydrogen) atoms. The minimum atomic E-state index is -3.96. The van der Waals surface area contributed by atoms with Gasteiger partial charge in [-0.05, 0) is 12.5 Å². The lowest BCUT2D eigenvalue weighted by Crippen LogP contribution is -2.16. The molecule has 0 aliphatic carbocycles. The third-order valence-corrected chi connectivity index (χ3v) is 3.10. The molecule has 0 bridgehead atoms. The van der Waals surface area contributed by atoms with E-state index in [1.165, 1.54) is 0 Å². The molecule has 8 nitrogen and oxygen atoms in total. The summed E-state index contributed by atoms with van der Waals surface area (Å²) in [4.78, 5) is 9.75. The molecule has 1 aromatic carbocycles. The second kappa shape index (κ2) is 5.76. The monoisotopic (exact) mass is 275 g/mol. The number of nitrogens with one attached hydrogen (secondary N) is 1. The first kappa shape index (κ1) is 14.4. The molecule has 0 aliphatic rings. The Morgan fingerprint density at radius 1 is 1.44 bits per heavy atom. The van der Waals surface area contributed by atoms with Crippen LogP contribution in [0.5, 0.6) is 0 Å². The summed E-state index contributed by atoms with van der Waals surface area (Å²) in [6.07, 6.45) is 0.382. The SMILES string of the molecule is NS(=O)(=O)c1ccc([N+](=O)[O-])cc1NCCCO. The summed E-state index contributed by atoms with van der Waals surface area (Å²) < 4.78 is 22.6. The van der Waals surface area contributed by atoms with E-state index in [0.717, 1.165) is 18.2 Å². The van der Waals surface area contributed by atoms with Crippen molar-refractivity contribution in [3.05, 3.63) is 28.3 Å². The van der Waals surface area contributed by atoms with Crippen LogP contribution in [0.3, 0.4) is 0 Å². The van der Waals surface area contributed by atoms with Crippen molar-refractivity contribution in [1.29, 1.82) is 0 Å². The van der Waals surface area contributed by atoms with Crippen molar-refractivity contribution in [3.8, 4) is 0 Å². The second-order valence-electron chi connectivity index (χ2n) is 3.49. The summed E-state index contributed by atoms with van der Waals surface area (Å²) in [6, 6.07) is 3.24. The Kier molecular flexibility index (Phi) is 4.59. The van der Waals surface area contributed by atoms with Crippen LogP contribution < -0.4 is 10.5 Å². The lowest BCUT2D eigenvalue weighted by atomic mass is 10.2. The van der Waals surface area contributed by atoms with Crippen LogP contribution >= 0.6 is 0 Å². The fraction of sp³-hybridized carbons (Fsp3) is 0.333. The lowest BCUT2D eigenvalue weighted by Gasteiger charge is -2.09. The average molecular weight is 275 g/mol. The zero-order valence-corrected chi connectivity index (χ0v) is 10.2. The zero-order chi connectivity index (χ0) is 13.8. The average Bonchev–Trinajstić information content (AvgIpc) is 2.27. The number of hydrogen-bond acceptors (Lipinski definition) is 6. The largest absolute Gasteiger partial charge is 0.396 e. The molecule has 0 heterocycles. The number of primary sulfonamides is 1. The summed E-state index contributed by atoms with van der Waals surface area (Å²) in [5, 5.41) is 26.9. The minimum Gasteiger partial charge on any atom is -0.396 e. The van der Waals surface area contributed by atoms with Crippen LogP contribution in [0.4, 0.5) is 11.4 Å². The van der Waals surface area contributed by atoms with Gasteiger partial charge in [-0.3, -0.25) is 10.1 Å². The highest BCUT2D eigenvalue weighted by Gasteiger charge is 2.17. The van der Waals surface area contributed by atoms with Crippen LogP contribution in [0.1, 0.15) is 6.42 Å². The van der Waals surface area contributed by atoms with Gasteiger partial charge >= 0.3 is 0 Å². The summed E-state index contributed by atoms with van der Waals surface area (Å²) in [7, 11) is -3.96. The molecule has 0 atom stereocenters. The molecule has 0 amide bonds.